The van der Waals surface area contributed by atoms with E-state index in [1.807, 2.05) is 11.8 Å². The number of hydrogen-bond acceptors (Lipinski definition) is 4. The first-order valence-corrected chi connectivity index (χ1v) is 8.55. The van der Waals surface area contributed by atoms with E-state index in [4.69, 9.17) is 5.14 Å². The number of carbonyl (C=O) groups excluding carboxylic acids is 1. The lowest BCUT2D eigenvalue weighted by Crippen LogP contribution is -2.62. The van der Waals surface area contributed by atoms with Crippen molar-refractivity contribution in [2.24, 2.45) is 5.14 Å². The minimum absolute atomic E-state index is 0.000214. The highest BCUT2D eigenvalue weighted by molar-refractivity contribution is 7.89. The zero-order valence-electron chi connectivity index (χ0n) is 11.3. The second-order valence-electron chi connectivity index (χ2n) is 5.68. The summed E-state index contributed by atoms with van der Waals surface area (Å²) in [4.78, 5) is 13.9. The molecule has 3 N–H and O–H groups in total. The monoisotopic (exact) mass is 289 g/mol. The molecule has 110 valence electrons. The molecule has 0 aromatic heterocycles. The second kappa shape index (κ2) is 5.76. The normalized spacial score (nSPS) is 24.7. The van der Waals surface area contributed by atoms with Gasteiger partial charge >= 0.3 is 0 Å². The van der Waals surface area contributed by atoms with E-state index >= 15 is 0 Å². The fourth-order valence-corrected chi connectivity index (χ4v) is 3.53. The second-order valence-corrected chi connectivity index (χ2v) is 7.53. The summed E-state index contributed by atoms with van der Waals surface area (Å²) >= 11 is 0. The highest BCUT2D eigenvalue weighted by Crippen LogP contribution is 2.20. The van der Waals surface area contributed by atoms with E-state index < -0.39 is 15.3 Å². The van der Waals surface area contributed by atoms with Gasteiger partial charge in [0.25, 0.3) is 0 Å². The van der Waals surface area contributed by atoms with E-state index in [0.29, 0.717) is 19.1 Å². The number of likely N-dealkylation sites (tertiary alicyclic amines) is 1. The molecule has 6 nitrogen and oxygen atoms in total. The van der Waals surface area contributed by atoms with Crippen molar-refractivity contribution in [1.29, 1.82) is 0 Å². The Morgan fingerprint density at radius 3 is 2.37 bits per heavy atom. The molecular formula is C12H23N3O3S. The van der Waals surface area contributed by atoms with Gasteiger partial charge in [-0.2, -0.15) is 0 Å². The van der Waals surface area contributed by atoms with Crippen LogP contribution in [-0.2, 0) is 14.8 Å². The van der Waals surface area contributed by atoms with Crippen molar-refractivity contribution >= 4 is 15.9 Å². The van der Waals surface area contributed by atoms with Gasteiger partial charge < -0.3 is 5.32 Å². The molecule has 1 aliphatic heterocycles. The minimum atomic E-state index is -3.46. The first-order chi connectivity index (χ1) is 8.88. The summed E-state index contributed by atoms with van der Waals surface area (Å²) in [6, 6.07) is 0.0129. The minimum Gasteiger partial charge on any atom is -0.352 e. The molecule has 2 aliphatic rings. The number of nitrogens with zero attached hydrogens (tertiary/aromatic N) is 1. The van der Waals surface area contributed by atoms with Crippen LogP contribution in [-0.4, -0.2) is 49.6 Å². The summed E-state index contributed by atoms with van der Waals surface area (Å²) in [6.07, 6.45) is 5.72. The lowest BCUT2D eigenvalue weighted by molar-refractivity contribution is -0.128. The number of rotatable bonds is 4. The van der Waals surface area contributed by atoms with Crippen molar-refractivity contribution in [3.63, 3.8) is 0 Å². The Balaban J connectivity index is 1.77. The SMILES string of the molecule is CC(C(=O)NC1CCCCC1)N1CC(S(N)(=O)=O)C1. The fraction of sp³-hybridized carbons (Fsp3) is 0.917. The number of sulfonamides is 1. The molecule has 7 heteroatoms. The van der Waals surface area contributed by atoms with Gasteiger partial charge in [0.1, 0.15) is 5.25 Å². The quantitative estimate of drug-likeness (QED) is 0.749. The molecule has 1 saturated heterocycles. The third-order valence-electron chi connectivity index (χ3n) is 4.22. The summed E-state index contributed by atoms with van der Waals surface area (Å²) in [7, 11) is -3.46. The first-order valence-electron chi connectivity index (χ1n) is 6.94. The van der Waals surface area contributed by atoms with Crippen molar-refractivity contribution in [2.75, 3.05) is 13.1 Å². The van der Waals surface area contributed by atoms with Crippen LogP contribution in [0.5, 0.6) is 0 Å². The maximum atomic E-state index is 12.1. The molecule has 1 aliphatic carbocycles. The summed E-state index contributed by atoms with van der Waals surface area (Å²) in [5.74, 6) is -0.000214. The predicted octanol–water partition coefficient (Wildman–Crippen LogP) is -0.203. The molecule has 1 heterocycles. The first kappa shape index (κ1) is 14.7. The Hall–Kier alpha value is -0.660. The molecule has 2 rings (SSSR count). The number of nitrogens with one attached hydrogen (secondary N) is 1. The topological polar surface area (TPSA) is 92.5 Å². The summed E-state index contributed by atoms with van der Waals surface area (Å²) in [5, 5.41) is 7.62. The molecule has 0 bridgehead atoms. The molecule has 1 atom stereocenters. The van der Waals surface area contributed by atoms with Crippen LogP contribution in [0.15, 0.2) is 0 Å². The van der Waals surface area contributed by atoms with Gasteiger partial charge in [-0.05, 0) is 19.8 Å². The lowest BCUT2D eigenvalue weighted by atomic mass is 9.95. The molecule has 0 spiro atoms. The third kappa shape index (κ3) is 3.67. The number of amides is 1. The van der Waals surface area contributed by atoms with Crippen LogP contribution in [0.1, 0.15) is 39.0 Å². The largest absolute Gasteiger partial charge is 0.352 e. The molecule has 0 radical (unpaired) electrons. The van der Waals surface area contributed by atoms with Gasteiger partial charge in [-0.25, -0.2) is 13.6 Å². The third-order valence-corrected chi connectivity index (χ3v) is 5.45. The smallest absolute Gasteiger partial charge is 0.237 e. The van der Waals surface area contributed by atoms with Crippen molar-refractivity contribution in [3.05, 3.63) is 0 Å². The zero-order valence-corrected chi connectivity index (χ0v) is 12.2. The van der Waals surface area contributed by atoms with Crippen molar-refractivity contribution < 1.29 is 13.2 Å². The van der Waals surface area contributed by atoms with Crippen molar-refractivity contribution in [3.8, 4) is 0 Å². The standard InChI is InChI=1S/C12H23N3O3S/c1-9(15-7-11(8-15)19(13,17)18)12(16)14-10-5-3-2-4-6-10/h9-11H,2-8H2,1H3,(H,14,16)(H2,13,17,18). The number of nitrogens with two attached hydrogens (primary N) is 1. The average Bonchev–Trinajstić information content (AvgIpc) is 2.26. The van der Waals surface area contributed by atoms with Gasteiger partial charge in [0.05, 0.1) is 6.04 Å². The van der Waals surface area contributed by atoms with Gasteiger partial charge in [-0.3, -0.25) is 9.69 Å². The Kier molecular flexibility index (Phi) is 4.47. The van der Waals surface area contributed by atoms with E-state index in [-0.39, 0.29) is 11.9 Å². The van der Waals surface area contributed by atoms with E-state index in [0.717, 1.165) is 12.8 Å². The van der Waals surface area contributed by atoms with Gasteiger partial charge in [0.15, 0.2) is 0 Å². The van der Waals surface area contributed by atoms with E-state index in [1.165, 1.54) is 19.3 Å². The molecule has 0 aromatic rings. The molecule has 1 saturated carbocycles. The van der Waals surface area contributed by atoms with Gasteiger partial charge in [-0.15, -0.1) is 0 Å². The van der Waals surface area contributed by atoms with E-state index in [1.54, 1.807) is 0 Å². The fourth-order valence-electron chi connectivity index (χ4n) is 2.73. The van der Waals surface area contributed by atoms with E-state index in [2.05, 4.69) is 5.32 Å². The lowest BCUT2D eigenvalue weighted by Gasteiger charge is -2.41. The van der Waals surface area contributed by atoms with Crippen LogP contribution in [0.25, 0.3) is 0 Å². The van der Waals surface area contributed by atoms with Crippen LogP contribution < -0.4 is 10.5 Å². The van der Waals surface area contributed by atoms with Crippen LogP contribution in [0, 0.1) is 0 Å². The number of primary sulfonamides is 1. The predicted molar refractivity (Wildman–Crippen MR) is 72.9 cm³/mol. The molecule has 0 aromatic carbocycles. The zero-order chi connectivity index (χ0) is 14.0. The van der Waals surface area contributed by atoms with Crippen LogP contribution >= 0.6 is 0 Å². The maximum absolute atomic E-state index is 12.1. The van der Waals surface area contributed by atoms with Crippen LogP contribution in [0.3, 0.4) is 0 Å². The Bertz CT molecular complexity index is 426. The molecule has 1 amide bonds. The summed E-state index contributed by atoms with van der Waals surface area (Å²) in [6.45, 7) is 2.54. The van der Waals surface area contributed by atoms with Crippen LogP contribution in [0.4, 0.5) is 0 Å². The molecule has 19 heavy (non-hydrogen) atoms. The Morgan fingerprint density at radius 1 is 1.26 bits per heavy atom. The molecule has 1 unspecified atom stereocenters. The Labute approximate surface area is 114 Å². The summed E-state index contributed by atoms with van der Waals surface area (Å²) < 4.78 is 22.2. The van der Waals surface area contributed by atoms with Gasteiger partial charge in [-0.1, -0.05) is 19.3 Å². The highest BCUT2D eigenvalue weighted by atomic mass is 32.2. The van der Waals surface area contributed by atoms with Crippen molar-refractivity contribution in [1.82, 2.24) is 10.2 Å². The number of carbonyl (C=O) groups is 1. The van der Waals surface area contributed by atoms with Gasteiger partial charge in [0.2, 0.25) is 15.9 Å². The average molecular weight is 289 g/mol. The van der Waals surface area contributed by atoms with Crippen molar-refractivity contribution in [2.45, 2.75) is 56.4 Å². The molecule has 2 fully saturated rings. The van der Waals surface area contributed by atoms with Gasteiger partial charge in [0, 0.05) is 19.1 Å². The van der Waals surface area contributed by atoms with E-state index in [9.17, 15) is 13.2 Å². The summed E-state index contributed by atoms with van der Waals surface area (Å²) in [5.41, 5.74) is 0. The maximum Gasteiger partial charge on any atom is 0.237 e. The highest BCUT2D eigenvalue weighted by Gasteiger charge is 2.39. The number of hydrogen-bond donors (Lipinski definition) is 2. The Morgan fingerprint density at radius 2 is 1.84 bits per heavy atom. The molecular weight excluding hydrogens is 266 g/mol. The van der Waals surface area contributed by atoms with Crippen LogP contribution in [0.2, 0.25) is 0 Å².